The van der Waals surface area contributed by atoms with E-state index >= 15 is 0 Å². The van der Waals surface area contributed by atoms with Crippen molar-refractivity contribution in [3.05, 3.63) is 42.3 Å². The number of ether oxygens (including phenoxy) is 1. The number of nitrogens with zero attached hydrogens (tertiary/aromatic N) is 3. The molecule has 0 spiro atoms. The lowest BCUT2D eigenvalue weighted by molar-refractivity contribution is 0.190. The van der Waals surface area contributed by atoms with Gasteiger partial charge in [0.15, 0.2) is 0 Å². The summed E-state index contributed by atoms with van der Waals surface area (Å²) in [6.07, 6.45) is 1.56. The van der Waals surface area contributed by atoms with Crippen molar-refractivity contribution in [3.8, 4) is 0 Å². The Morgan fingerprint density at radius 1 is 1.23 bits per heavy atom. The second-order valence-electron chi connectivity index (χ2n) is 6.16. The maximum Gasteiger partial charge on any atom is 0.327 e. The van der Waals surface area contributed by atoms with Crippen LogP contribution in [-0.2, 0) is 4.74 Å². The molecule has 0 aliphatic rings. The molecule has 0 saturated heterocycles. The summed E-state index contributed by atoms with van der Waals surface area (Å²) < 4.78 is 18.4. The monoisotopic (exact) mass is 361 g/mol. The Labute approximate surface area is 152 Å². The molecule has 2 aromatic rings. The highest BCUT2D eigenvalue weighted by atomic mass is 19.1. The lowest BCUT2D eigenvalue weighted by Crippen LogP contribution is -2.41. The highest BCUT2D eigenvalue weighted by molar-refractivity contribution is 5.98. The molecule has 0 bridgehead atoms. The van der Waals surface area contributed by atoms with E-state index in [1.807, 2.05) is 20.8 Å². The molecule has 1 aromatic heterocycles. The zero-order valence-corrected chi connectivity index (χ0v) is 15.4. The van der Waals surface area contributed by atoms with Crippen molar-refractivity contribution in [1.82, 2.24) is 15.3 Å². The molecule has 0 aliphatic heterocycles. The summed E-state index contributed by atoms with van der Waals surface area (Å²) in [4.78, 5) is 22.7. The molecule has 7 nitrogen and oxygen atoms in total. The lowest BCUT2D eigenvalue weighted by Gasteiger charge is -2.24. The second-order valence-corrected chi connectivity index (χ2v) is 6.16. The Morgan fingerprint density at radius 2 is 1.92 bits per heavy atom. The molecular weight excluding hydrogens is 337 g/mol. The average Bonchev–Trinajstić information content (AvgIpc) is 2.57. The minimum Gasteiger partial charge on any atom is -0.383 e. The molecule has 26 heavy (non-hydrogen) atoms. The van der Waals surface area contributed by atoms with Crippen LogP contribution in [0, 0.1) is 5.82 Å². The largest absolute Gasteiger partial charge is 0.383 e. The van der Waals surface area contributed by atoms with Gasteiger partial charge in [-0.05, 0) is 45.0 Å². The van der Waals surface area contributed by atoms with Crippen molar-refractivity contribution in [1.29, 1.82) is 0 Å². The van der Waals surface area contributed by atoms with Crippen molar-refractivity contribution in [2.75, 3.05) is 23.9 Å². The third-order valence-electron chi connectivity index (χ3n) is 3.36. The number of hydrogen-bond donors (Lipinski definition) is 2. The van der Waals surface area contributed by atoms with Crippen molar-refractivity contribution in [2.24, 2.45) is 0 Å². The maximum absolute atomic E-state index is 13.3. The number of anilines is 3. The van der Waals surface area contributed by atoms with Crippen LogP contribution in [-0.4, -0.2) is 41.8 Å². The van der Waals surface area contributed by atoms with Gasteiger partial charge in [-0.3, -0.25) is 0 Å². The summed E-state index contributed by atoms with van der Waals surface area (Å²) >= 11 is 0. The van der Waals surface area contributed by atoms with Gasteiger partial charge in [-0.25, -0.2) is 19.1 Å². The quantitative estimate of drug-likeness (QED) is 0.791. The third kappa shape index (κ3) is 5.38. The fourth-order valence-corrected chi connectivity index (χ4v) is 2.31. The third-order valence-corrected chi connectivity index (χ3v) is 3.36. The topological polar surface area (TPSA) is 79.4 Å². The molecule has 2 rings (SSSR count). The number of methoxy groups -OCH3 is 1. The number of aromatic nitrogens is 2. The number of halogens is 1. The molecule has 1 atom stereocenters. The van der Waals surface area contributed by atoms with E-state index in [0.717, 1.165) is 0 Å². The van der Waals surface area contributed by atoms with E-state index in [2.05, 4.69) is 20.6 Å². The Morgan fingerprint density at radius 3 is 2.54 bits per heavy atom. The van der Waals surface area contributed by atoms with Gasteiger partial charge in [-0.1, -0.05) is 0 Å². The van der Waals surface area contributed by atoms with Crippen LogP contribution in [0.1, 0.15) is 20.8 Å². The molecule has 2 amide bonds. The molecule has 1 heterocycles. The first kappa shape index (κ1) is 19.6. The fourth-order valence-electron chi connectivity index (χ4n) is 2.31. The highest BCUT2D eigenvalue weighted by Gasteiger charge is 2.21. The van der Waals surface area contributed by atoms with Gasteiger partial charge in [0.25, 0.3) is 0 Å². The number of carbonyl (C=O) groups is 1. The van der Waals surface area contributed by atoms with Gasteiger partial charge in [0.1, 0.15) is 11.6 Å². The van der Waals surface area contributed by atoms with Gasteiger partial charge in [0.2, 0.25) is 5.95 Å². The van der Waals surface area contributed by atoms with Crippen LogP contribution in [0.25, 0.3) is 0 Å². The number of hydrogen-bond acceptors (Lipinski definition) is 5. The van der Waals surface area contributed by atoms with Crippen LogP contribution in [0.3, 0.4) is 0 Å². The van der Waals surface area contributed by atoms with Crippen LogP contribution in [0.4, 0.5) is 26.6 Å². The molecule has 0 aliphatic carbocycles. The average molecular weight is 361 g/mol. The normalized spacial score (nSPS) is 11.9. The molecule has 8 heteroatoms. The van der Waals surface area contributed by atoms with Crippen molar-refractivity contribution < 1.29 is 13.9 Å². The fraction of sp³-hybridized carbons (Fsp3) is 0.389. The second kappa shape index (κ2) is 9.10. The number of nitrogens with one attached hydrogen (secondary N) is 2. The van der Waals surface area contributed by atoms with Gasteiger partial charge < -0.3 is 15.4 Å². The van der Waals surface area contributed by atoms with Gasteiger partial charge in [0.05, 0.1) is 12.3 Å². The molecule has 0 saturated carbocycles. The van der Waals surface area contributed by atoms with Crippen LogP contribution >= 0.6 is 0 Å². The van der Waals surface area contributed by atoms with E-state index in [1.54, 1.807) is 19.4 Å². The standard InChI is InChI=1S/C18H24FN5O2/c1-12(2)21-18(25)24(15-7-5-14(19)6-8-15)16-9-10-20-17(23-16)22-13(3)11-26-4/h5-10,12-13H,11H2,1-4H3,(H,21,25)(H,20,22,23)/t13-/m0/s1. The zero-order chi connectivity index (χ0) is 19.1. The van der Waals surface area contributed by atoms with E-state index in [1.165, 1.54) is 29.2 Å². The van der Waals surface area contributed by atoms with Crippen molar-refractivity contribution >= 4 is 23.5 Å². The number of benzene rings is 1. The molecular formula is C18H24FN5O2. The number of amides is 2. The molecule has 0 fully saturated rings. The summed E-state index contributed by atoms with van der Waals surface area (Å²) in [5.41, 5.74) is 0.499. The number of rotatable bonds is 7. The predicted octanol–water partition coefficient (Wildman–Crippen LogP) is 3.32. The van der Waals surface area contributed by atoms with Crippen LogP contribution in [0.5, 0.6) is 0 Å². The van der Waals surface area contributed by atoms with Gasteiger partial charge in [-0.2, -0.15) is 4.98 Å². The summed E-state index contributed by atoms with van der Waals surface area (Å²) in [6.45, 7) is 6.14. The molecule has 140 valence electrons. The molecule has 0 unspecified atom stereocenters. The number of carbonyl (C=O) groups excluding carboxylic acids is 1. The summed E-state index contributed by atoms with van der Waals surface area (Å²) in [5.74, 6) is 0.366. The van der Waals surface area contributed by atoms with Gasteiger partial charge in [-0.15, -0.1) is 0 Å². The minimum absolute atomic E-state index is 0.000915. The minimum atomic E-state index is -0.378. The summed E-state index contributed by atoms with van der Waals surface area (Å²) in [5, 5.41) is 5.94. The van der Waals surface area contributed by atoms with Crippen LogP contribution < -0.4 is 15.5 Å². The first-order valence-electron chi connectivity index (χ1n) is 8.35. The van der Waals surface area contributed by atoms with Crippen molar-refractivity contribution in [3.63, 3.8) is 0 Å². The van der Waals surface area contributed by atoms with E-state index in [4.69, 9.17) is 4.74 Å². The van der Waals surface area contributed by atoms with Crippen LogP contribution in [0.2, 0.25) is 0 Å². The first-order chi connectivity index (χ1) is 12.4. The predicted molar refractivity (Wildman–Crippen MR) is 99.2 cm³/mol. The Bertz CT molecular complexity index is 724. The summed E-state index contributed by atoms with van der Waals surface area (Å²) in [7, 11) is 1.61. The zero-order valence-electron chi connectivity index (χ0n) is 15.4. The smallest absolute Gasteiger partial charge is 0.327 e. The van der Waals surface area contributed by atoms with E-state index in [-0.39, 0.29) is 23.9 Å². The van der Waals surface area contributed by atoms with E-state index in [9.17, 15) is 9.18 Å². The van der Waals surface area contributed by atoms with Gasteiger partial charge >= 0.3 is 6.03 Å². The molecule has 0 radical (unpaired) electrons. The molecule has 2 N–H and O–H groups in total. The van der Waals surface area contributed by atoms with E-state index in [0.29, 0.717) is 24.1 Å². The Kier molecular flexibility index (Phi) is 6.85. The first-order valence-corrected chi connectivity index (χ1v) is 8.35. The summed E-state index contributed by atoms with van der Waals surface area (Å²) in [6, 6.07) is 6.84. The highest BCUT2D eigenvalue weighted by Crippen LogP contribution is 2.25. The van der Waals surface area contributed by atoms with Crippen LogP contribution in [0.15, 0.2) is 36.5 Å². The number of urea groups is 1. The van der Waals surface area contributed by atoms with E-state index < -0.39 is 0 Å². The SMILES string of the molecule is COC[C@H](C)Nc1nccc(N(C(=O)NC(C)C)c2ccc(F)cc2)n1. The lowest BCUT2D eigenvalue weighted by atomic mass is 10.2. The van der Waals surface area contributed by atoms with Gasteiger partial charge in [0, 0.05) is 31.5 Å². The Hall–Kier alpha value is -2.74. The molecule has 1 aromatic carbocycles. The Balaban J connectivity index is 2.35. The van der Waals surface area contributed by atoms with Crippen molar-refractivity contribution in [2.45, 2.75) is 32.9 Å². The maximum atomic E-state index is 13.3.